The summed E-state index contributed by atoms with van der Waals surface area (Å²) in [6.45, 7) is 3.82. The van der Waals surface area contributed by atoms with Gasteiger partial charge >= 0.3 is 0 Å². The number of hydrogen-bond donors (Lipinski definition) is 1. The van der Waals surface area contributed by atoms with Crippen molar-refractivity contribution in [3.8, 4) is 0 Å². The van der Waals surface area contributed by atoms with Crippen molar-refractivity contribution in [3.05, 3.63) is 57.8 Å². The van der Waals surface area contributed by atoms with Crippen molar-refractivity contribution in [3.63, 3.8) is 0 Å². The minimum Gasteiger partial charge on any atom is -0.459 e. The second-order valence-electron chi connectivity index (χ2n) is 7.13. The minimum atomic E-state index is -0.268. The van der Waals surface area contributed by atoms with Crippen LogP contribution in [0.1, 0.15) is 29.1 Å². The van der Waals surface area contributed by atoms with Crippen molar-refractivity contribution >= 4 is 28.1 Å². The van der Waals surface area contributed by atoms with Crippen LogP contribution in [0.15, 0.2) is 45.3 Å². The Bertz CT molecular complexity index is 1070. The third-order valence-corrected chi connectivity index (χ3v) is 5.82. The van der Waals surface area contributed by atoms with Crippen molar-refractivity contribution < 1.29 is 14.0 Å². The second kappa shape index (κ2) is 9.23. The summed E-state index contributed by atoms with van der Waals surface area (Å²) in [6, 6.07) is 4.84. The largest absolute Gasteiger partial charge is 0.459 e. The van der Waals surface area contributed by atoms with Gasteiger partial charge in [-0.1, -0.05) is 0 Å². The first-order valence-corrected chi connectivity index (χ1v) is 10.8. The summed E-state index contributed by atoms with van der Waals surface area (Å²) in [5, 5.41) is 4.60. The maximum Gasteiger partial charge on any atom is 0.286 e. The van der Waals surface area contributed by atoms with Crippen LogP contribution in [0.5, 0.6) is 0 Å². The highest BCUT2D eigenvalue weighted by atomic mass is 32.1. The molecule has 1 aliphatic rings. The maximum absolute atomic E-state index is 12.4. The highest BCUT2D eigenvalue weighted by Crippen LogP contribution is 2.11. The number of fused-ring (bicyclic) bond motifs is 1. The molecule has 0 aliphatic carbocycles. The Labute approximate surface area is 176 Å². The lowest BCUT2D eigenvalue weighted by Gasteiger charge is -2.34. The number of piperazine rings is 1. The highest BCUT2D eigenvalue weighted by molar-refractivity contribution is 7.15. The van der Waals surface area contributed by atoms with Crippen LogP contribution in [-0.4, -0.2) is 63.7 Å². The fourth-order valence-electron chi connectivity index (χ4n) is 3.45. The Hall–Kier alpha value is -2.98. The van der Waals surface area contributed by atoms with Gasteiger partial charge < -0.3 is 14.6 Å². The van der Waals surface area contributed by atoms with Gasteiger partial charge in [-0.3, -0.25) is 23.7 Å². The number of aromatic nitrogens is 2. The number of thiazole rings is 1. The van der Waals surface area contributed by atoms with Crippen molar-refractivity contribution in [1.82, 2.24) is 24.5 Å². The molecule has 1 fully saturated rings. The standard InChI is InChI=1S/C20H23N5O4S/c26-17(4-1-5-21-19(28)16-3-2-11-29-16)24-8-6-23(7-9-24)14-15-13-18(27)25-10-12-30-20(25)22-15/h2-3,10-13H,1,4-9,14H2,(H,21,28). The molecular formula is C20H23N5O4S. The summed E-state index contributed by atoms with van der Waals surface area (Å²) < 4.78 is 6.57. The van der Waals surface area contributed by atoms with Crippen molar-refractivity contribution in [2.24, 2.45) is 0 Å². The zero-order valence-electron chi connectivity index (χ0n) is 16.5. The van der Waals surface area contributed by atoms with Crippen molar-refractivity contribution in [2.75, 3.05) is 32.7 Å². The molecule has 1 saturated heterocycles. The average molecular weight is 430 g/mol. The van der Waals surface area contributed by atoms with Crippen LogP contribution in [0, 0.1) is 0 Å². The summed E-state index contributed by atoms with van der Waals surface area (Å²) in [4.78, 5) is 45.6. The molecule has 30 heavy (non-hydrogen) atoms. The van der Waals surface area contributed by atoms with Gasteiger partial charge in [0, 0.05) is 63.3 Å². The quantitative estimate of drug-likeness (QED) is 0.567. The van der Waals surface area contributed by atoms with E-state index in [4.69, 9.17) is 4.42 Å². The second-order valence-corrected chi connectivity index (χ2v) is 8.01. The van der Waals surface area contributed by atoms with Gasteiger partial charge in [0.25, 0.3) is 11.5 Å². The Morgan fingerprint density at radius 3 is 2.83 bits per heavy atom. The predicted octanol–water partition coefficient (Wildman–Crippen LogP) is 1.20. The van der Waals surface area contributed by atoms with E-state index in [9.17, 15) is 14.4 Å². The van der Waals surface area contributed by atoms with E-state index >= 15 is 0 Å². The van der Waals surface area contributed by atoms with Gasteiger partial charge in [-0.2, -0.15) is 0 Å². The maximum atomic E-state index is 12.4. The first-order chi connectivity index (χ1) is 14.6. The molecule has 2 amide bonds. The van der Waals surface area contributed by atoms with E-state index in [1.54, 1.807) is 28.8 Å². The van der Waals surface area contributed by atoms with Gasteiger partial charge in [0.05, 0.1) is 12.0 Å². The molecule has 4 rings (SSSR count). The Morgan fingerprint density at radius 2 is 2.07 bits per heavy atom. The van der Waals surface area contributed by atoms with Crippen molar-refractivity contribution in [2.45, 2.75) is 19.4 Å². The van der Waals surface area contributed by atoms with Crippen LogP contribution in [0.25, 0.3) is 4.96 Å². The molecule has 0 saturated carbocycles. The Kier molecular flexibility index (Phi) is 6.24. The first kappa shape index (κ1) is 20.3. The number of furan rings is 1. The molecule has 0 atom stereocenters. The molecule has 0 bridgehead atoms. The van der Waals surface area contributed by atoms with E-state index in [1.807, 2.05) is 10.3 Å². The van der Waals surface area contributed by atoms with Crippen LogP contribution < -0.4 is 10.9 Å². The molecule has 0 aromatic carbocycles. The van der Waals surface area contributed by atoms with E-state index in [0.717, 1.165) is 18.8 Å². The van der Waals surface area contributed by atoms with Gasteiger partial charge in [0.2, 0.25) is 5.91 Å². The SMILES string of the molecule is O=C(NCCCC(=O)N1CCN(Cc2cc(=O)n3ccsc3n2)CC1)c1ccco1. The number of rotatable bonds is 7. The van der Waals surface area contributed by atoms with Crippen LogP contribution in [0.3, 0.4) is 0 Å². The van der Waals surface area contributed by atoms with Crippen LogP contribution in [-0.2, 0) is 11.3 Å². The molecule has 10 heteroatoms. The highest BCUT2D eigenvalue weighted by Gasteiger charge is 2.21. The van der Waals surface area contributed by atoms with Gasteiger partial charge in [0.1, 0.15) is 0 Å². The van der Waals surface area contributed by atoms with Crippen LogP contribution in [0.4, 0.5) is 0 Å². The molecule has 3 aromatic heterocycles. The monoisotopic (exact) mass is 429 g/mol. The molecule has 1 N–H and O–H groups in total. The third kappa shape index (κ3) is 4.77. The van der Waals surface area contributed by atoms with Gasteiger partial charge in [0.15, 0.2) is 10.7 Å². The molecule has 158 valence electrons. The Morgan fingerprint density at radius 1 is 1.23 bits per heavy atom. The van der Waals surface area contributed by atoms with Crippen LogP contribution in [0.2, 0.25) is 0 Å². The van der Waals surface area contributed by atoms with Crippen LogP contribution >= 0.6 is 11.3 Å². The third-order valence-electron chi connectivity index (χ3n) is 5.06. The summed E-state index contributed by atoms with van der Waals surface area (Å²) in [7, 11) is 0. The van der Waals surface area contributed by atoms with Gasteiger partial charge in [-0.15, -0.1) is 11.3 Å². The number of nitrogens with zero attached hydrogens (tertiary/aromatic N) is 4. The molecule has 4 heterocycles. The average Bonchev–Trinajstić information content (AvgIpc) is 3.43. The van der Waals surface area contributed by atoms with E-state index < -0.39 is 0 Å². The van der Waals surface area contributed by atoms with Gasteiger partial charge in [-0.25, -0.2) is 4.98 Å². The van der Waals surface area contributed by atoms with Gasteiger partial charge in [-0.05, 0) is 18.6 Å². The molecular weight excluding hydrogens is 406 g/mol. The molecule has 0 spiro atoms. The lowest BCUT2D eigenvalue weighted by molar-refractivity contribution is -0.133. The zero-order chi connectivity index (χ0) is 20.9. The lowest BCUT2D eigenvalue weighted by Crippen LogP contribution is -2.48. The molecule has 3 aromatic rings. The topological polar surface area (TPSA) is 100 Å². The first-order valence-electron chi connectivity index (χ1n) is 9.88. The summed E-state index contributed by atoms with van der Waals surface area (Å²) in [5.74, 6) is 0.0983. The van der Waals surface area contributed by atoms with E-state index in [2.05, 4.69) is 15.2 Å². The fourth-order valence-corrected chi connectivity index (χ4v) is 4.19. The summed E-state index contributed by atoms with van der Waals surface area (Å²) in [6.07, 6.45) is 4.16. The molecule has 1 aliphatic heterocycles. The number of carbonyl (C=O) groups is 2. The van der Waals surface area contributed by atoms with E-state index in [-0.39, 0.29) is 23.1 Å². The lowest BCUT2D eigenvalue weighted by atomic mass is 10.2. The minimum absolute atomic E-state index is 0.0656. The van der Waals surface area contributed by atoms with E-state index in [1.165, 1.54) is 17.6 Å². The number of hydrogen-bond acceptors (Lipinski definition) is 7. The zero-order valence-corrected chi connectivity index (χ0v) is 17.3. The summed E-state index contributed by atoms with van der Waals surface area (Å²) in [5.41, 5.74) is 0.693. The molecule has 0 radical (unpaired) electrons. The molecule has 9 nitrogen and oxygen atoms in total. The number of nitrogens with one attached hydrogen (secondary N) is 1. The number of amides is 2. The predicted molar refractivity (Wildman–Crippen MR) is 111 cm³/mol. The normalized spacial score (nSPS) is 14.9. The Balaban J connectivity index is 1.18. The van der Waals surface area contributed by atoms with Crippen molar-refractivity contribution in [1.29, 1.82) is 0 Å². The smallest absolute Gasteiger partial charge is 0.286 e. The van der Waals surface area contributed by atoms with E-state index in [0.29, 0.717) is 44.0 Å². The fraction of sp³-hybridized carbons (Fsp3) is 0.400. The number of carbonyl (C=O) groups excluding carboxylic acids is 2. The molecule has 0 unspecified atom stereocenters. The summed E-state index contributed by atoms with van der Waals surface area (Å²) >= 11 is 1.44.